The molecule has 2 aliphatic carbocycles. The summed E-state index contributed by atoms with van der Waals surface area (Å²) in [5, 5.41) is 9.18. The zero-order chi connectivity index (χ0) is 27.4. The summed E-state index contributed by atoms with van der Waals surface area (Å²) in [6.07, 6.45) is 10.1. The second-order valence-electron chi connectivity index (χ2n) is 11.0. The van der Waals surface area contributed by atoms with Gasteiger partial charge in [-0.05, 0) is 62.8 Å². The summed E-state index contributed by atoms with van der Waals surface area (Å²) in [6.45, 7) is 2.40. The van der Waals surface area contributed by atoms with Crippen LogP contribution < -0.4 is 14.8 Å². The third-order valence-corrected chi connectivity index (χ3v) is 8.63. The smallest absolute Gasteiger partial charge is 0.241 e. The Morgan fingerprint density at radius 1 is 1.18 bits per heavy atom. The molecule has 9 nitrogen and oxygen atoms in total. The molecular weight excluding hydrogens is 519 g/mol. The lowest BCUT2D eigenvalue weighted by molar-refractivity contribution is 0.221. The van der Waals surface area contributed by atoms with E-state index in [4.69, 9.17) is 4.74 Å². The van der Waals surface area contributed by atoms with Gasteiger partial charge in [-0.25, -0.2) is 17.5 Å². The third kappa shape index (κ3) is 5.46. The molecule has 0 amide bonds. The largest absolute Gasteiger partial charge is 0.435 e. The van der Waals surface area contributed by atoms with Crippen molar-refractivity contribution in [3.63, 3.8) is 0 Å². The van der Waals surface area contributed by atoms with Crippen molar-refractivity contribution in [2.75, 3.05) is 11.9 Å². The molecule has 1 aromatic carbocycles. The van der Waals surface area contributed by atoms with Crippen LogP contribution in [0.4, 0.5) is 10.1 Å². The second-order valence-corrected chi connectivity index (χ2v) is 12.7. The first-order chi connectivity index (χ1) is 18.6. The first-order valence-corrected chi connectivity index (χ1v) is 14.5. The van der Waals surface area contributed by atoms with Crippen molar-refractivity contribution in [1.29, 1.82) is 0 Å². The Morgan fingerprint density at radius 2 is 2.00 bits per heavy atom. The lowest BCUT2D eigenvalue weighted by Gasteiger charge is -2.19. The Hall–Kier alpha value is -3.57. The lowest BCUT2D eigenvalue weighted by Crippen LogP contribution is -2.36. The fraction of sp³-hybridized carbons (Fsp3) is 0.393. The number of fused-ring (bicyclic) bond motifs is 2. The van der Waals surface area contributed by atoms with Crippen LogP contribution in [0.25, 0.3) is 10.8 Å². The maximum Gasteiger partial charge on any atom is 0.241 e. The Labute approximate surface area is 226 Å². The number of nitrogens with zero attached hydrogens (tertiary/aromatic N) is 4. The average molecular weight is 551 g/mol. The van der Waals surface area contributed by atoms with Gasteiger partial charge in [-0.15, -0.1) is 5.10 Å². The average Bonchev–Trinajstić information content (AvgIpc) is 3.54. The van der Waals surface area contributed by atoms with E-state index in [1.807, 2.05) is 19.2 Å². The highest BCUT2D eigenvalue weighted by Gasteiger charge is 2.34. The minimum Gasteiger partial charge on any atom is -0.435 e. The molecule has 0 saturated heterocycles. The van der Waals surface area contributed by atoms with Crippen molar-refractivity contribution in [3.05, 3.63) is 65.9 Å². The number of hydrogen-bond donors (Lipinski definition) is 2. The molecule has 2 aliphatic rings. The number of ether oxygens (including phenoxy) is 1. The van der Waals surface area contributed by atoms with Crippen LogP contribution in [0.5, 0.6) is 11.6 Å². The fourth-order valence-corrected chi connectivity index (χ4v) is 6.76. The third-order valence-electron chi connectivity index (χ3n) is 7.10. The molecule has 0 bridgehead atoms. The van der Waals surface area contributed by atoms with Gasteiger partial charge in [0.1, 0.15) is 5.67 Å². The van der Waals surface area contributed by atoms with Crippen LogP contribution in [-0.2, 0) is 29.9 Å². The van der Waals surface area contributed by atoms with E-state index in [0.717, 1.165) is 35.0 Å². The number of benzene rings is 1. The van der Waals surface area contributed by atoms with Gasteiger partial charge in [0.2, 0.25) is 15.9 Å². The van der Waals surface area contributed by atoms with Gasteiger partial charge in [-0.3, -0.25) is 14.6 Å². The van der Waals surface area contributed by atoms with Gasteiger partial charge in [0.05, 0.1) is 16.8 Å². The molecule has 1 fully saturated rings. The zero-order valence-corrected chi connectivity index (χ0v) is 22.9. The molecular formula is C28H31FN6O3S. The predicted octanol–water partition coefficient (Wildman–Crippen LogP) is 4.64. The predicted molar refractivity (Wildman–Crippen MR) is 146 cm³/mol. The van der Waals surface area contributed by atoms with E-state index in [1.54, 1.807) is 41.6 Å². The highest BCUT2D eigenvalue weighted by molar-refractivity contribution is 7.89. The maximum absolute atomic E-state index is 14.3. The van der Waals surface area contributed by atoms with Crippen molar-refractivity contribution in [3.8, 4) is 11.6 Å². The van der Waals surface area contributed by atoms with E-state index in [9.17, 15) is 12.8 Å². The summed E-state index contributed by atoms with van der Waals surface area (Å²) in [7, 11) is -2.19. The first-order valence-electron chi connectivity index (χ1n) is 13.1. The normalized spacial score (nSPS) is 17.4. The molecule has 6 rings (SSSR count). The van der Waals surface area contributed by atoms with Crippen molar-refractivity contribution >= 4 is 26.5 Å². The minimum atomic E-state index is -4.00. The summed E-state index contributed by atoms with van der Waals surface area (Å²) < 4.78 is 51.9. The van der Waals surface area contributed by atoms with Crippen LogP contribution in [0.3, 0.4) is 0 Å². The highest BCUT2D eigenvalue weighted by Crippen LogP contribution is 2.42. The number of nitrogens with one attached hydrogen (secondary N) is 2. The molecule has 0 spiro atoms. The Bertz CT molecular complexity index is 1660. The van der Waals surface area contributed by atoms with Gasteiger partial charge < -0.3 is 10.1 Å². The lowest BCUT2D eigenvalue weighted by atomic mass is 10.0. The number of pyridine rings is 2. The number of rotatable bonds is 9. The first kappa shape index (κ1) is 25.7. The molecule has 11 heteroatoms. The number of anilines is 1. The van der Waals surface area contributed by atoms with E-state index in [0.29, 0.717) is 41.5 Å². The molecule has 3 heterocycles. The zero-order valence-electron chi connectivity index (χ0n) is 22.1. The van der Waals surface area contributed by atoms with E-state index in [2.05, 4.69) is 25.1 Å². The van der Waals surface area contributed by atoms with Crippen LogP contribution in [0.15, 0.2) is 53.9 Å². The summed E-state index contributed by atoms with van der Waals surface area (Å²) >= 11 is 0. The standard InChI is InChI=1S/C28H31FN6O3S/c1-28(2,29)16-32-39(36,37)27-21-12-20(11-18(21)10-19-14-31-23(13-22(19)27)17-4-5-17)33-24-15-30-8-6-25(24)38-26-7-9-35(3)34-26/h6-10,13-15,17,20,32-33H,4-5,11-12,16H2,1-3H3/t20-/m1/s1. The molecule has 1 saturated carbocycles. The number of alkyl halides is 1. The van der Waals surface area contributed by atoms with E-state index in [-0.39, 0.29) is 17.5 Å². The SMILES string of the molecule is Cn1ccc(Oc2ccncc2N[C@@H]2Cc3cc4cnc(C5CC5)cc4c(S(=O)(=O)NCC(C)(C)F)c3C2)n1. The Balaban J connectivity index is 1.35. The van der Waals surface area contributed by atoms with Crippen molar-refractivity contribution < 1.29 is 17.5 Å². The summed E-state index contributed by atoms with van der Waals surface area (Å²) in [4.78, 5) is 9.09. The monoisotopic (exact) mass is 550 g/mol. The van der Waals surface area contributed by atoms with Gasteiger partial charge in [0.15, 0.2) is 5.75 Å². The molecule has 1 atom stereocenters. The van der Waals surface area contributed by atoms with Crippen LogP contribution >= 0.6 is 0 Å². The molecule has 0 radical (unpaired) electrons. The number of sulfonamides is 1. The molecule has 204 valence electrons. The fourth-order valence-electron chi connectivity index (χ4n) is 5.08. The molecule has 39 heavy (non-hydrogen) atoms. The number of aryl methyl sites for hydroxylation is 1. The van der Waals surface area contributed by atoms with Crippen molar-refractivity contribution in [2.24, 2.45) is 7.05 Å². The van der Waals surface area contributed by atoms with Gasteiger partial charge in [0, 0.05) is 72.7 Å². The highest BCUT2D eigenvalue weighted by atomic mass is 32.2. The summed E-state index contributed by atoms with van der Waals surface area (Å²) in [5.74, 6) is 1.40. The number of halogens is 1. The second kappa shape index (κ2) is 9.56. The van der Waals surface area contributed by atoms with Gasteiger partial charge >= 0.3 is 0 Å². The van der Waals surface area contributed by atoms with Crippen LogP contribution in [0, 0.1) is 0 Å². The van der Waals surface area contributed by atoms with Gasteiger partial charge in [-0.1, -0.05) is 0 Å². The van der Waals surface area contributed by atoms with Gasteiger partial charge in [0.25, 0.3) is 0 Å². The van der Waals surface area contributed by atoms with Crippen molar-refractivity contribution in [1.82, 2.24) is 24.5 Å². The number of aromatic nitrogens is 4. The number of hydrogen-bond acceptors (Lipinski definition) is 7. The molecule has 0 unspecified atom stereocenters. The molecule has 4 aromatic rings. The topological polar surface area (TPSA) is 111 Å². The van der Waals surface area contributed by atoms with E-state index in [1.165, 1.54) is 13.8 Å². The molecule has 3 aromatic heterocycles. The van der Waals surface area contributed by atoms with Crippen LogP contribution in [0.1, 0.15) is 49.4 Å². The quantitative estimate of drug-likeness (QED) is 0.312. The van der Waals surface area contributed by atoms with E-state index >= 15 is 0 Å². The van der Waals surface area contributed by atoms with E-state index < -0.39 is 15.7 Å². The van der Waals surface area contributed by atoms with Crippen molar-refractivity contribution in [2.45, 2.75) is 62.1 Å². The van der Waals surface area contributed by atoms with Crippen LogP contribution in [0.2, 0.25) is 0 Å². The molecule has 2 N–H and O–H groups in total. The Morgan fingerprint density at radius 3 is 2.72 bits per heavy atom. The maximum atomic E-state index is 14.3. The van der Waals surface area contributed by atoms with Gasteiger partial charge in [-0.2, -0.15) is 0 Å². The summed E-state index contributed by atoms with van der Waals surface area (Å²) in [5.41, 5.74) is 1.58. The van der Waals surface area contributed by atoms with Crippen LogP contribution in [-0.4, -0.2) is 46.4 Å². The minimum absolute atomic E-state index is 0.102. The summed E-state index contributed by atoms with van der Waals surface area (Å²) in [6, 6.07) is 7.37. The molecule has 0 aliphatic heterocycles. The Kier molecular flexibility index (Phi) is 6.30.